The molecule has 0 spiro atoms. The molecular formula is C16H19Cl2IN4O4. The van der Waals surface area contributed by atoms with E-state index in [4.69, 9.17) is 31.4 Å². The van der Waals surface area contributed by atoms with E-state index in [1.807, 2.05) is 6.07 Å². The molecule has 0 saturated heterocycles. The minimum atomic E-state index is -0.0192. The lowest BCUT2D eigenvalue weighted by Crippen LogP contribution is -2.14. The molecule has 0 bridgehead atoms. The number of amidine groups is 2. The van der Waals surface area contributed by atoms with E-state index in [1.165, 1.54) is 7.11 Å². The quantitative estimate of drug-likeness (QED) is 0.150. The maximum atomic E-state index is 8.81. The molecule has 6 N–H and O–H groups in total. The number of nitrogens with two attached hydrogens (primary N) is 2. The monoisotopic (exact) mass is 528 g/mol. The zero-order valence-corrected chi connectivity index (χ0v) is 17.9. The van der Waals surface area contributed by atoms with Crippen LogP contribution in [0.2, 0.25) is 0 Å². The highest BCUT2D eigenvalue weighted by Gasteiger charge is 2.14. The van der Waals surface area contributed by atoms with Crippen LogP contribution in [0.5, 0.6) is 11.5 Å². The van der Waals surface area contributed by atoms with E-state index in [2.05, 4.69) is 32.9 Å². The average molecular weight is 529 g/mol. The normalized spacial score (nSPS) is 11.2. The van der Waals surface area contributed by atoms with Crippen molar-refractivity contribution in [3.05, 3.63) is 56.7 Å². The number of nitrogens with zero attached hydrogens (tertiary/aromatic N) is 2. The Morgan fingerprint density at radius 1 is 1.04 bits per heavy atom. The maximum Gasteiger partial charge on any atom is 0.174 e. The highest BCUT2D eigenvalue weighted by atomic mass is 127. The number of oxime groups is 2. The molecule has 27 heavy (non-hydrogen) atoms. The van der Waals surface area contributed by atoms with Crippen molar-refractivity contribution in [1.82, 2.24) is 0 Å². The Kier molecular flexibility index (Phi) is 10.7. The summed E-state index contributed by atoms with van der Waals surface area (Å²) in [4.78, 5) is 0. The van der Waals surface area contributed by atoms with E-state index in [-0.39, 0.29) is 43.1 Å². The largest absolute Gasteiger partial charge is 0.493 e. The molecule has 0 amide bonds. The lowest BCUT2D eigenvalue weighted by molar-refractivity contribution is 0.282. The highest BCUT2D eigenvalue weighted by molar-refractivity contribution is 14.1. The number of benzene rings is 2. The summed E-state index contributed by atoms with van der Waals surface area (Å²) in [6.07, 6.45) is 0. The Balaban J connectivity index is 0.00000338. The van der Waals surface area contributed by atoms with E-state index in [0.29, 0.717) is 22.6 Å². The van der Waals surface area contributed by atoms with Gasteiger partial charge in [-0.1, -0.05) is 28.5 Å². The number of methoxy groups -OCH3 is 1. The van der Waals surface area contributed by atoms with Gasteiger partial charge in [-0.2, -0.15) is 0 Å². The topological polar surface area (TPSA) is 136 Å². The van der Waals surface area contributed by atoms with Gasteiger partial charge in [-0.05, 0) is 46.4 Å². The van der Waals surface area contributed by atoms with Crippen LogP contribution in [-0.4, -0.2) is 29.2 Å². The summed E-state index contributed by atoms with van der Waals surface area (Å²) in [6, 6.07) is 10.5. The first-order chi connectivity index (χ1) is 12.0. The van der Waals surface area contributed by atoms with Crippen molar-refractivity contribution < 1.29 is 19.9 Å². The molecule has 2 rings (SSSR count). The Hall–Kier alpha value is -2.11. The van der Waals surface area contributed by atoms with Gasteiger partial charge in [0.25, 0.3) is 0 Å². The molecule has 148 valence electrons. The van der Waals surface area contributed by atoms with Gasteiger partial charge in [0, 0.05) is 11.1 Å². The van der Waals surface area contributed by atoms with E-state index in [1.54, 1.807) is 30.3 Å². The molecule has 0 unspecified atom stereocenters. The molecule has 0 atom stereocenters. The SMILES string of the molecule is COc1cc(/C(N)=N/O)cc(I)c1OCc1cccc(/C(N)=N/O)c1.Cl.Cl. The Bertz CT molecular complexity index is 834. The van der Waals surface area contributed by atoms with Gasteiger partial charge in [-0.3, -0.25) is 0 Å². The van der Waals surface area contributed by atoms with Crippen molar-refractivity contribution in [3.63, 3.8) is 0 Å². The summed E-state index contributed by atoms with van der Waals surface area (Å²) in [5.41, 5.74) is 13.2. The van der Waals surface area contributed by atoms with Crippen LogP contribution in [0.4, 0.5) is 0 Å². The lowest BCUT2D eigenvalue weighted by atomic mass is 10.1. The van der Waals surface area contributed by atoms with Crippen molar-refractivity contribution >= 4 is 59.1 Å². The maximum absolute atomic E-state index is 8.81. The Labute approximate surface area is 182 Å². The van der Waals surface area contributed by atoms with E-state index >= 15 is 0 Å². The van der Waals surface area contributed by atoms with Gasteiger partial charge in [-0.25, -0.2) is 0 Å². The molecule has 0 aliphatic rings. The van der Waals surface area contributed by atoms with Gasteiger partial charge in [0.1, 0.15) is 6.61 Å². The van der Waals surface area contributed by atoms with Crippen LogP contribution in [-0.2, 0) is 6.61 Å². The van der Waals surface area contributed by atoms with E-state index in [9.17, 15) is 0 Å². The third-order valence-corrected chi connectivity index (χ3v) is 4.15. The molecule has 0 saturated carbocycles. The predicted molar refractivity (Wildman–Crippen MR) is 116 cm³/mol. The van der Waals surface area contributed by atoms with E-state index in [0.717, 1.165) is 9.13 Å². The van der Waals surface area contributed by atoms with Crippen LogP contribution in [0.25, 0.3) is 0 Å². The number of halogens is 3. The van der Waals surface area contributed by atoms with Crippen LogP contribution >= 0.6 is 47.4 Å². The first-order valence-electron chi connectivity index (χ1n) is 7.05. The molecule has 0 heterocycles. The number of hydrogen-bond donors (Lipinski definition) is 4. The second-order valence-corrected chi connectivity index (χ2v) is 6.11. The first-order valence-corrected chi connectivity index (χ1v) is 8.13. The van der Waals surface area contributed by atoms with Crippen molar-refractivity contribution in [2.75, 3.05) is 7.11 Å². The highest BCUT2D eigenvalue weighted by Crippen LogP contribution is 2.34. The zero-order chi connectivity index (χ0) is 18.4. The number of rotatable bonds is 6. The smallest absolute Gasteiger partial charge is 0.174 e. The number of ether oxygens (including phenoxy) is 2. The molecule has 8 nitrogen and oxygen atoms in total. The van der Waals surface area contributed by atoms with Crippen molar-refractivity contribution in [3.8, 4) is 11.5 Å². The van der Waals surface area contributed by atoms with Crippen molar-refractivity contribution in [2.24, 2.45) is 21.8 Å². The molecule has 2 aromatic carbocycles. The molecular weight excluding hydrogens is 510 g/mol. The van der Waals surface area contributed by atoms with Gasteiger partial charge < -0.3 is 31.4 Å². The Morgan fingerprint density at radius 2 is 1.67 bits per heavy atom. The van der Waals surface area contributed by atoms with Gasteiger partial charge in [0.05, 0.1) is 10.7 Å². The fourth-order valence-corrected chi connectivity index (χ4v) is 2.86. The van der Waals surface area contributed by atoms with Gasteiger partial charge in [0.2, 0.25) is 0 Å². The zero-order valence-electron chi connectivity index (χ0n) is 14.1. The molecule has 0 aromatic heterocycles. The standard InChI is InChI=1S/C16H17IN4O4.2ClH/c1-24-13-7-11(16(19)21-23)6-12(17)14(13)25-8-9-3-2-4-10(5-9)15(18)20-22;;/h2-7,22-23H,8H2,1H3,(H2,18,20)(H2,19,21);2*1H. The summed E-state index contributed by atoms with van der Waals surface area (Å²) in [5.74, 6) is 0.999. The summed E-state index contributed by atoms with van der Waals surface area (Å²) >= 11 is 2.08. The predicted octanol–water partition coefficient (Wildman–Crippen LogP) is 2.91. The van der Waals surface area contributed by atoms with Crippen LogP contribution in [0.15, 0.2) is 46.7 Å². The third kappa shape index (κ3) is 6.22. The fraction of sp³-hybridized carbons (Fsp3) is 0.125. The van der Waals surface area contributed by atoms with Gasteiger partial charge in [-0.15, -0.1) is 24.8 Å². The van der Waals surface area contributed by atoms with Gasteiger partial charge in [0.15, 0.2) is 23.2 Å². The van der Waals surface area contributed by atoms with Crippen LogP contribution in [0, 0.1) is 3.57 Å². The van der Waals surface area contributed by atoms with Crippen LogP contribution < -0.4 is 20.9 Å². The van der Waals surface area contributed by atoms with Crippen molar-refractivity contribution in [2.45, 2.75) is 6.61 Å². The van der Waals surface area contributed by atoms with Crippen LogP contribution in [0.1, 0.15) is 16.7 Å². The molecule has 2 aromatic rings. The van der Waals surface area contributed by atoms with Gasteiger partial charge >= 0.3 is 0 Å². The second-order valence-electron chi connectivity index (χ2n) is 4.95. The number of hydrogen-bond acceptors (Lipinski definition) is 6. The van der Waals surface area contributed by atoms with Crippen molar-refractivity contribution in [1.29, 1.82) is 0 Å². The third-order valence-electron chi connectivity index (χ3n) is 3.35. The first kappa shape index (κ1) is 24.9. The second kappa shape index (κ2) is 11.6. The summed E-state index contributed by atoms with van der Waals surface area (Å²) in [6.45, 7) is 0.252. The summed E-state index contributed by atoms with van der Waals surface area (Å²) < 4.78 is 11.9. The summed E-state index contributed by atoms with van der Waals surface area (Å²) in [5, 5.41) is 23.5. The van der Waals surface area contributed by atoms with E-state index < -0.39 is 0 Å². The molecule has 11 heteroatoms. The Morgan fingerprint density at radius 3 is 2.26 bits per heavy atom. The van der Waals surface area contributed by atoms with Crippen LogP contribution in [0.3, 0.4) is 0 Å². The molecule has 0 fully saturated rings. The minimum Gasteiger partial charge on any atom is -0.493 e. The summed E-state index contributed by atoms with van der Waals surface area (Å²) in [7, 11) is 1.51. The molecule has 0 aliphatic heterocycles. The molecule has 0 aliphatic carbocycles. The average Bonchev–Trinajstić information content (AvgIpc) is 2.65. The molecule has 0 radical (unpaired) electrons. The minimum absolute atomic E-state index is 0. The fourth-order valence-electron chi connectivity index (χ4n) is 2.10. The lowest BCUT2D eigenvalue weighted by Gasteiger charge is -2.14.